The van der Waals surface area contributed by atoms with Gasteiger partial charge in [0, 0.05) is 11.4 Å². The Morgan fingerprint density at radius 1 is 1.59 bits per heavy atom. The van der Waals surface area contributed by atoms with E-state index in [4.69, 9.17) is 11.2 Å². The molecule has 0 aliphatic carbocycles. The fraction of sp³-hybridized carbons (Fsp3) is 0.400. The number of hydrogen-bond acceptors (Lipinski definition) is 5. The SMILES string of the molecule is C#CCn1cnc2sc3c(c2c1=O)CCN(C(=O)OCC)C3. The van der Waals surface area contributed by atoms with Gasteiger partial charge in [-0.15, -0.1) is 17.8 Å². The summed E-state index contributed by atoms with van der Waals surface area (Å²) in [7, 11) is 0. The number of ether oxygens (including phenoxy) is 1. The van der Waals surface area contributed by atoms with Crippen LogP contribution in [0.3, 0.4) is 0 Å². The van der Waals surface area contributed by atoms with E-state index in [0.717, 1.165) is 10.4 Å². The van der Waals surface area contributed by atoms with Crippen molar-refractivity contribution in [3.63, 3.8) is 0 Å². The highest BCUT2D eigenvalue weighted by Crippen LogP contribution is 2.32. The molecule has 6 nitrogen and oxygen atoms in total. The van der Waals surface area contributed by atoms with Crippen molar-refractivity contribution >= 4 is 27.6 Å². The highest BCUT2D eigenvalue weighted by atomic mass is 32.1. The molecule has 1 amide bonds. The largest absolute Gasteiger partial charge is 0.450 e. The third kappa shape index (κ3) is 2.35. The van der Waals surface area contributed by atoms with Crippen LogP contribution in [0.5, 0.6) is 0 Å². The summed E-state index contributed by atoms with van der Waals surface area (Å²) in [5.41, 5.74) is 0.884. The van der Waals surface area contributed by atoms with Crippen molar-refractivity contribution in [2.75, 3.05) is 13.2 Å². The summed E-state index contributed by atoms with van der Waals surface area (Å²) in [5, 5.41) is 0.640. The van der Waals surface area contributed by atoms with E-state index >= 15 is 0 Å². The Morgan fingerprint density at radius 2 is 2.41 bits per heavy atom. The van der Waals surface area contributed by atoms with Gasteiger partial charge in [-0.05, 0) is 18.9 Å². The zero-order chi connectivity index (χ0) is 15.7. The molecule has 2 aromatic rings. The Bertz CT molecular complexity index is 831. The molecule has 0 saturated carbocycles. The molecule has 3 rings (SSSR count). The molecule has 0 spiro atoms. The Labute approximate surface area is 131 Å². The van der Waals surface area contributed by atoms with Crippen LogP contribution in [0.15, 0.2) is 11.1 Å². The van der Waals surface area contributed by atoms with Crippen molar-refractivity contribution in [3.05, 3.63) is 27.1 Å². The zero-order valence-corrected chi connectivity index (χ0v) is 13.0. The number of nitrogens with zero attached hydrogens (tertiary/aromatic N) is 3. The lowest BCUT2D eigenvalue weighted by molar-refractivity contribution is 0.103. The number of rotatable bonds is 2. The second-order valence-electron chi connectivity index (χ2n) is 4.94. The fourth-order valence-electron chi connectivity index (χ4n) is 2.60. The fourth-order valence-corrected chi connectivity index (χ4v) is 3.79. The first-order chi connectivity index (χ1) is 10.7. The average molecular weight is 317 g/mol. The summed E-state index contributed by atoms with van der Waals surface area (Å²) < 4.78 is 6.47. The van der Waals surface area contributed by atoms with Crippen LogP contribution in [0.25, 0.3) is 10.2 Å². The van der Waals surface area contributed by atoms with Crippen molar-refractivity contribution in [1.29, 1.82) is 0 Å². The molecule has 0 atom stereocenters. The maximum Gasteiger partial charge on any atom is 0.410 e. The standard InChI is InChI=1S/C15H15N3O3S/c1-3-6-18-9-16-13-12(14(18)19)10-5-7-17(8-11(10)22-13)15(20)21-4-2/h1,9H,4-8H2,2H3. The Morgan fingerprint density at radius 3 is 3.14 bits per heavy atom. The third-order valence-electron chi connectivity index (χ3n) is 3.62. The summed E-state index contributed by atoms with van der Waals surface area (Å²) in [6, 6.07) is 0. The molecular formula is C15H15N3O3S. The smallest absolute Gasteiger partial charge is 0.410 e. The summed E-state index contributed by atoms with van der Waals surface area (Å²) in [6.45, 7) is 3.35. The van der Waals surface area contributed by atoms with Crippen molar-refractivity contribution in [2.45, 2.75) is 26.4 Å². The maximum absolute atomic E-state index is 12.5. The predicted molar refractivity (Wildman–Crippen MR) is 83.8 cm³/mol. The van der Waals surface area contributed by atoms with Crippen LogP contribution < -0.4 is 5.56 Å². The van der Waals surface area contributed by atoms with E-state index in [9.17, 15) is 9.59 Å². The first kappa shape index (κ1) is 14.6. The number of carbonyl (C=O) groups excluding carboxylic acids is 1. The first-order valence-electron chi connectivity index (χ1n) is 7.00. The summed E-state index contributed by atoms with van der Waals surface area (Å²) >= 11 is 1.45. The zero-order valence-electron chi connectivity index (χ0n) is 12.2. The van der Waals surface area contributed by atoms with Gasteiger partial charge in [0.1, 0.15) is 4.83 Å². The highest BCUT2D eigenvalue weighted by Gasteiger charge is 2.26. The van der Waals surface area contributed by atoms with Crippen LogP contribution in [-0.4, -0.2) is 33.7 Å². The molecule has 7 heteroatoms. The molecule has 0 fully saturated rings. The van der Waals surface area contributed by atoms with E-state index in [-0.39, 0.29) is 18.2 Å². The Balaban J connectivity index is 2.01. The van der Waals surface area contributed by atoms with Gasteiger partial charge in [0.05, 0.1) is 31.4 Å². The molecule has 0 aromatic carbocycles. The van der Waals surface area contributed by atoms with Gasteiger partial charge in [-0.25, -0.2) is 9.78 Å². The number of terminal acetylenes is 1. The maximum atomic E-state index is 12.5. The van der Waals surface area contributed by atoms with Gasteiger partial charge in [0.25, 0.3) is 5.56 Å². The summed E-state index contributed by atoms with van der Waals surface area (Å²) in [5.74, 6) is 2.45. The van der Waals surface area contributed by atoms with Crippen molar-refractivity contribution in [2.24, 2.45) is 0 Å². The second kappa shape index (κ2) is 5.81. The Kier molecular flexibility index (Phi) is 3.86. The highest BCUT2D eigenvalue weighted by molar-refractivity contribution is 7.18. The molecule has 1 aliphatic heterocycles. The van der Waals surface area contributed by atoms with Crippen LogP contribution in [0.2, 0.25) is 0 Å². The number of amides is 1. The van der Waals surface area contributed by atoms with Gasteiger partial charge in [-0.1, -0.05) is 5.92 Å². The minimum absolute atomic E-state index is 0.106. The number of carbonyl (C=O) groups is 1. The molecule has 2 aromatic heterocycles. The number of thiophene rings is 1. The van der Waals surface area contributed by atoms with Gasteiger partial charge in [-0.3, -0.25) is 9.36 Å². The van der Waals surface area contributed by atoms with E-state index in [1.807, 2.05) is 0 Å². The van der Waals surface area contributed by atoms with Crippen LogP contribution in [0.1, 0.15) is 17.4 Å². The lowest BCUT2D eigenvalue weighted by Gasteiger charge is -2.25. The molecule has 22 heavy (non-hydrogen) atoms. The van der Waals surface area contributed by atoms with Crippen LogP contribution in [-0.2, 0) is 24.2 Å². The summed E-state index contributed by atoms with van der Waals surface area (Å²) in [6.07, 6.45) is 7.07. The van der Waals surface area contributed by atoms with Crippen LogP contribution >= 0.6 is 11.3 Å². The molecular weight excluding hydrogens is 302 g/mol. The first-order valence-corrected chi connectivity index (χ1v) is 7.82. The lowest BCUT2D eigenvalue weighted by Crippen LogP contribution is -2.36. The van der Waals surface area contributed by atoms with Crippen molar-refractivity contribution < 1.29 is 9.53 Å². The van der Waals surface area contributed by atoms with E-state index in [1.165, 1.54) is 22.2 Å². The van der Waals surface area contributed by atoms with Gasteiger partial charge in [0.2, 0.25) is 0 Å². The number of fused-ring (bicyclic) bond motifs is 3. The molecule has 0 unspecified atom stereocenters. The van der Waals surface area contributed by atoms with E-state index in [2.05, 4.69) is 10.9 Å². The molecule has 3 heterocycles. The summed E-state index contributed by atoms with van der Waals surface area (Å²) in [4.78, 5) is 32.0. The lowest BCUT2D eigenvalue weighted by atomic mass is 10.1. The minimum Gasteiger partial charge on any atom is -0.450 e. The molecule has 1 aliphatic rings. The normalized spacial score (nSPS) is 13.7. The Hall–Kier alpha value is -2.33. The molecule has 114 valence electrons. The minimum atomic E-state index is -0.316. The average Bonchev–Trinajstić information content (AvgIpc) is 2.88. The molecule has 0 radical (unpaired) electrons. The van der Waals surface area contributed by atoms with Crippen molar-refractivity contribution in [1.82, 2.24) is 14.5 Å². The van der Waals surface area contributed by atoms with E-state index < -0.39 is 0 Å². The topological polar surface area (TPSA) is 64.4 Å². The second-order valence-corrected chi connectivity index (χ2v) is 6.02. The number of hydrogen-bond donors (Lipinski definition) is 0. The van der Waals surface area contributed by atoms with Gasteiger partial charge >= 0.3 is 6.09 Å². The van der Waals surface area contributed by atoms with Gasteiger partial charge in [0.15, 0.2) is 0 Å². The van der Waals surface area contributed by atoms with Gasteiger partial charge < -0.3 is 9.64 Å². The predicted octanol–water partition coefficient (Wildman–Crippen LogP) is 1.61. The van der Waals surface area contributed by atoms with Crippen LogP contribution in [0, 0.1) is 12.3 Å². The van der Waals surface area contributed by atoms with Crippen LogP contribution in [0.4, 0.5) is 4.79 Å². The molecule has 0 N–H and O–H groups in total. The van der Waals surface area contributed by atoms with Gasteiger partial charge in [-0.2, -0.15) is 0 Å². The molecule has 0 bridgehead atoms. The van der Waals surface area contributed by atoms with E-state index in [0.29, 0.717) is 36.3 Å². The van der Waals surface area contributed by atoms with Crippen molar-refractivity contribution in [3.8, 4) is 12.3 Å². The number of aromatic nitrogens is 2. The monoisotopic (exact) mass is 317 g/mol. The quantitative estimate of drug-likeness (QED) is 0.789. The third-order valence-corrected chi connectivity index (χ3v) is 4.74. The molecule has 0 saturated heterocycles. The van der Waals surface area contributed by atoms with E-state index in [1.54, 1.807) is 11.8 Å².